The maximum Gasteiger partial charge on any atom is 0.165 e. The third-order valence-corrected chi connectivity index (χ3v) is 2.59. The highest BCUT2D eigenvalue weighted by Crippen LogP contribution is 2.26. The van der Waals surface area contributed by atoms with E-state index >= 15 is 0 Å². The fraction of sp³-hybridized carbons (Fsp3) is 0.455. The van der Waals surface area contributed by atoms with Crippen molar-refractivity contribution in [1.29, 1.82) is 0 Å². The van der Waals surface area contributed by atoms with Gasteiger partial charge in [-0.2, -0.15) is 0 Å². The highest BCUT2D eigenvalue weighted by Gasteiger charge is 2.27. The molecule has 0 saturated heterocycles. The number of hydrogen-bond donors (Lipinski definition) is 1. The molecule has 1 fully saturated rings. The van der Waals surface area contributed by atoms with Gasteiger partial charge in [0.15, 0.2) is 11.6 Å². The van der Waals surface area contributed by atoms with Gasteiger partial charge in [-0.15, -0.1) is 0 Å². The molecule has 0 aliphatic heterocycles. The van der Waals surface area contributed by atoms with Gasteiger partial charge in [-0.3, -0.25) is 0 Å². The summed E-state index contributed by atoms with van der Waals surface area (Å²) in [5.41, 5.74) is 0. The van der Waals surface area contributed by atoms with Gasteiger partial charge in [0.25, 0.3) is 0 Å². The SMILES string of the molecule is OC1CCCC1Oc1cc(F)ccc1F. The first kappa shape index (κ1) is 10.4. The number of aliphatic hydroxyl groups is 1. The third kappa shape index (κ3) is 2.26. The topological polar surface area (TPSA) is 29.5 Å². The zero-order chi connectivity index (χ0) is 10.8. The zero-order valence-electron chi connectivity index (χ0n) is 8.12. The van der Waals surface area contributed by atoms with Crippen molar-refractivity contribution in [2.75, 3.05) is 0 Å². The average Bonchev–Trinajstić information content (AvgIpc) is 2.58. The van der Waals surface area contributed by atoms with E-state index in [2.05, 4.69) is 0 Å². The van der Waals surface area contributed by atoms with Crippen LogP contribution in [0.3, 0.4) is 0 Å². The van der Waals surface area contributed by atoms with Crippen LogP contribution in [0.2, 0.25) is 0 Å². The fourth-order valence-corrected chi connectivity index (χ4v) is 1.77. The average molecular weight is 214 g/mol. The first-order valence-corrected chi connectivity index (χ1v) is 4.96. The van der Waals surface area contributed by atoms with E-state index in [4.69, 9.17) is 4.74 Å². The maximum atomic E-state index is 13.2. The molecule has 2 nitrogen and oxygen atoms in total. The Bertz CT molecular complexity index is 354. The molecule has 1 saturated carbocycles. The number of rotatable bonds is 2. The fourth-order valence-electron chi connectivity index (χ4n) is 1.77. The highest BCUT2D eigenvalue weighted by atomic mass is 19.1. The molecule has 0 spiro atoms. The van der Waals surface area contributed by atoms with Crippen LogP contribution >= 0.6 is 0 Å². The molecule has 15 heavy (non-hydrogen) atoms. The molecule has 2 atom stereocenters. The summed E-state index contributed by atoms with van der Waals surface area (Å²) in [6.07, 6.45) is 1.19. The first-order chi connectivity index (χ1) is 7.16. The molecule has 1 aromatic rings. The molecule has 1 N–H and O–H groups in total. The van der Waals surface area contributed by atoms with Gasteiger partial charge in [-0.25, -0.2) is 8.78 Å². The summed E-state index contributed by atoms with van der Waals surface area (Å²) in [6.45, 7) is 0. The number of ether oxygens (including phenoxy) is 1. The minimum Gasteiger partial charge on any atom is -0.485 e. The van der Waals surface area contributed by atoms with Crippen LogP contribution < -0.4 is 4.74 Å². The molecule has 82 valence electrons. The van der Waals surface area contributed by atoms with Crippen LogP contribution in [-0.2, 0) is 0 Å². The van der Waals surface area contributed by atoms with Gasteiger partial charge in [0.2, 0.25) is 0 Å². The van der Waals surface area contributed by atoms with Crippen LogP contribution in [0.1, 0.15) is 19.3 Å². The van der Waals surface area contributed by atoms with Crippen LogP contribution in [0.25, 0.3) is 0 Å². The Labute approximate surface area is 86.5 Å². The van der Waals surface area contributed by atoms with E-state index in [1.165, 1.54) is 0 Å². The highest BCUT2D eigenvalue weighted by molar-refractivity contribution is 5.25. The second-order valence-electron chi connectivity index (χ2n) is 3.73. The summed E-state index contributed by atoms with van der Waals surface area (Å²) in [4.78, 5) is 0. The number of benzene rings is 1. The molecule has 2 rings (SSSR count). The van der Waals surface area contributed by atoms with Crippen molar-refractivity contribution in [2.24, 2.45) is 0 Å². The van der Waals surface area contributed by atoms with E-state index < -0.39 is 23.8 Å². The lowest BCUT2D eigenvalue weighted by Crippen LogP contribution is -2.26. The Morgan fingerprint density at radius 1 is 1.27 bits per heavy atom. The summed E-state index contributed by atoms with van der Waals surface area (Å²) in [7, 11) is 0. The van der Waals surface area contributed by atoms with Crippen molar-refractivity contribution in [2.45, 2.75) is 31.5 Å². The van der Waals surface area contributed by atoms with E-state index in [-0.39, 0.29) is 5.75 Å². The van der Waals surface area contributed by atoms with Gasteiger partial charge >= 0.3 is 0 Å². The standard InChI is InChI=1S/C11H12F2O2/c12-7-4-5-8(13)11(6-7)15-10-3-1-2-9(10)14/h4-6,9-10,14H,1-3H2. The van der Waals surface area contributed by atoms with Crippen molar-refractivity contribution < 1.29 is 18.6 Å². The van der Waals surface area contributed by atoms with Crippen molar-refractivity contribution in [3.63, 3.8) is 0 Å². The monoisotopic (exact) mass is 214 g/mol. The maximum absolute atomic E-state index is 13.2. The van der Waals surface area contributed by atoms with Crippen LogP contribution in [0.15, 0.2) is 18.2 Å². The van der Waals surface area contributed by atoms with Crippen molar-refractivity contribution in [3.8, 4) is 5.75 Å². The zero-order valence-corrected chi connectivity index (χ0v) is 8.12. The minimum atomic E-state index is -0.601. The predicted molar refractivity (Wildman–Crippen MR) is 50.6 cm³/mol. The van der Waals surface area contributed by atoms with Gasteiger partial charge in [0.05, 0.1) is 6.10 Å². The Kier molecular flexibility index (Phi) is 2.86. The quantitative estimate of drug-likeness (QED) is 0.818. The Balaban J connectivity index is 2.12. The van der Waals surface area contributed by atoms with E-state index in [0.717, 1.165) is 24.6 Å². The number of hydrogen-bond acceptors (Lipinski definition) is 2. The largest absolute Gasteiger partial charge is 0.485 e. The minimum absolute atomic E-state index is 0.124. The van der Waals surface area contributed by atoms with Crippen molar-refractivity contribution in [3.05, 3.63) is 29.8 Å². The summed E-state index contributed by atoms with van der Waals surface area (Å²) < 4.78 is 31.2. The molecule has 0 radical (unpaired) electrons. The summed E-state index contributed by atoms with van der Waals surface area (Å²) in [5.74, 6) is -1.27. The smallest absolute Gasteiger partial charge is 0.165 e. The van der Waals surface area contributed by atoms with Crippen molar-refractivity contribution in [1.82, 2.24) is 0 Å². The predicted octanol–water partition coefficient (Wildman–Crippen LogP) is 2.26. The summed E-state index contributed by atoms with van der Waals surface area (Å²) >= 11 is 0. The second-order valence-corrected chi connectivity index (χ2v) is 3.73. The summed E-state index contributed by atoms with van der Waals surface area (Å²) in [6, 6.07) is 3.06. The molecular weight excluding hydrogens is 202 g/mol. The molecular formula is C11H12F2O2. The van der Waals surface area contributed by atoms with Crippen LogP contribution in [0.4, 0.5) is 8.78 Å². The van der Waals surface area contributed by atoms with Gasteiger partial charge < -0.3 is 9.84 Å². The number of halogens is 2. The molecule has 0 heterocycles. The molecule has 1 aliphatic rings. The van der Waals surface area contributed by atoms with E-state index in [9.17, 15) is 13.9 Å². The first-order valence-electron chi connectivity index (χ1n) is 4.96. The molecule has 2 unspecified atom stereocenters. The van der Waals surface area contributed by atoms with Gasteiger partial charge in [-0.05, 0) is 31.4 Å². The van der Waals surface area contributed by atoms with Gasteiger partial charge in [-0.1, -0.05) is 0 Å². The normalized spacial score (nSPS) is 25.5. The van der Waals surface area contributed by atoms with Crippen LogP contribution in [-0.4, -0.2) is 17.3 Å². The van der Waals surface area contributed by atoms with Crippen LogP contribution in [0.5, 0.6) is 5.75 Å². The lowest BCUT2D eigenvalue weighted by atomic mass is 10.2. The Morgan fingerprint density at radius 2 is 2.07 bits per heavy atom. The second kappa shape index (κ2) is 4.14. The molecule has 0 bridgehead atoms. The van der Waals surface area contributed by atoms with Gasteiger partial charge in [0, 0.05) is 6.07 Å². The van der Waals surface area contributed by atoms with E-state index in [1.807, 2.05) is 0 Å². The van der Waals surface area contributed by atoms with E-state index in [1.54, 1.807) is 0 Å². The number of aliphatic hydroxyl groups excluding tert-OH is 1. The van der Waals surface area contributed by atoms with Gasteiger partial charge in [0.1, 0.15) is 11.9 Å². The van der Waals surface area contributed by atoms with Crippen LogP contribution in [0, 0.1) is 11.6 Å². The molecule has 0 amide bonds. The summed E-state index contributed by atoms with van der Waals surface area (Å²) in [5, 5.41) is 9.47. The van der Waals surface area contributed by atoms with Crippen molar-refractivity contribution >= 4 is 0 Å². The molecule has 1 aliphatic carbocycles. The molecule has 4 heteroatoms. The molecule has 1 aromatic carbocycles. The third-order valence-electron chi connectivity index (χ3n) is 2.59. The van der Waals surface area contributed by atoms with E-state index in [0.29, 0.717) is 12.8 Å². The Morgan fingerprint density at radius 3 is 2.73 bits per heavy atom. The Hall–Kier alpha value is -1.16. The lowest BCUT2D eigenvalue weighted by molar-refractivity contribution is 0.0576. The molecule has 0 aromatic heterocycles. The lowest BCUT2D eigenvalue weighted by Gasteiger charge is -2.17.